The molecule has 0 spiro atoms. The van der Waals surface area contributed by atoms with Crippen LogP contribution in [-0.4, -0.2) is 33.5 Å². The maximum absolute atomic E-state index is 12.6. The summed E-state index contributed by atoms with van der Waals surface area (Å²) in [6.07, 6.45) is -4.73. The highest BCUT2D eigenvalue weighted by atomic mass is 19.4. The molecule has 152 valence electrons. The van der Waals surface area contributed by atoms with Gasteiger partial charge in [0.05, 0.1) is 0 Å². The van der Waals surface area contributed by atoms with Crippen LogP contribution in [0.4, 0.5) is 18.9 Å². The van der Waals surface area contributed by atoms with Crippen LogP contribution in [0.25, 0.3) is 11.4 Å². The van der Waals surface area contributed by atoms with E-state index >= 15 is 0 Å². The molecule has 0 aliphatic rings. The molecule has 2 rings (SSSR count). The third kappa shape index (κ3) is 5.08. The molecular weight excluding hydrogens is 377 g/mol. The van der Waals surface area contributed by atoms with Gasteiger partial charge in [0, 0.05) is 23.7 Å². The molecule has 0 radical (unpaired) electrons. The van der Waals surface area contributed by atoms with Gasteiger partial charge < -0.3 is 14.7 Å². The number of rotatable bonds is 4. The van der Waals surface area contributed by atoms with E-state index in [0.29, 0.717) is 5.69 Å². The number of benzene rings is 1. The number of aromatic nitrogens is 2. The van der Waals surface area contributed by atoms with Crippen molar-refractivity contribution in [3.8, 4) is 11.4 Å². The molecule has 1 N–H and O–H groups in total. The lowest BCUT2D eigenvalue weighted by Gasteiger charge is -2.30. The highest BCUT2D eigenvalue weighted by Crippen LogP contribution is 2.30. The van der Waals surface area contributed by atoms with Gasteiger partial charge in [-0.1, -0.05) is 5.16 Å². The molecule has 1 atom stereocenters. The first kappa shape index (κ1) is 21.4. The van der Waals surface area contributed by atoms with Crippen molar-refractivity contribution in [2.45, 2.75) is 52.4 Å². The third-order valence-corrected chi connectivity index (χ3v) is 3.68. The van der Waals surface area contributed by atoms with E-state index < -0.39 is 23.6 Å². The largest absolute Gasteiger partial charge is 0.471 e. The van der Waals surface area contributed by atoms with E-state index in [9.17, 15) is 22.8 Å². The van der Waals surface area contributed by atoms with E-state index in [0.717, 1.165) is 0 Å². The van der Waals surface area contributed by atoms with Crippen molar-refractivity contribution in [3.05, 3.63) is 30.2 Å². The van der Waals surface area contributed by atoms with Crippen LogP contribution in [0, 0.1) is 0 Å². The average molecular weight is 398 g/mol. The highest BCUT2D eigenvalue weighted by Gasteiger charge is 2.38. The van der Waals surface area contributed by atoms with Crippen molar-refractivity contribution in [1.29, 1.82) is 0 Å². The Kier molecular flexibility index (Phi) is 5.81. The molecule has 0 bridgehead atoms. The number of hydrogen-bond acceptors (Lipinski definition) is 5. The summed E-state index contributed by atoms with van der Waals surface area (Å²) in [5.41, 5.74) is 0.220. The number of anilines is 1. The van der Waals surface area contributed by atoms with Crippen LogP contribution in [0.15, 0.2) is 28.8 Å². The minimum Gasteiger partial charge on any atom is -0.350 e. The zero-order chi connectivity index (χ0) is 21.3. The number of carbonyl (C=O) groups is 2. The third-order valence-electron chi connectivity index (χ3n) is 3.68. The Morgan fingerprint density at radius 1 is 1.14 bits per heavy atom. The lowest BCUT2D eigenvalue weighted by molar-refractivity contribution is -0.159. The van der Waals surface area contributed by atoms with Crippen molar-refractivity contribution in [3.63, 3.8) is 0 Å². The van der Waals surface area contributed by atoms with E-state index in [1.165, 1.54) is 36.1 Å². The van der Waals surface area contributed by atoms with Crippen molar-refractivity contribution in [2.24, 2.45) is 0 Å². The predicted octanol–water partition coefficient (Wildman–Crippen LogP) is 3.41. The van der Waals surface area contributed by atoms with Gasteiger partial charge in [-0.15, -0.1) is 0 Å². The lowest BCUT2D eigenvalue weighted by Crippen LogP contribution is -2.52. The number of halogens is 3. The number of hydrogen-bond donors (Lipinski definition) is 1. The second kappa shape index (κ2) is 7.61. The Labute approximate surface area is 159 Å². The molecular formula is C18H21F3N4O3. The van der Waals surface area contributed by atoms with Gasteiger partial charge in [0.25, 0.3) is 0 Å². The second-order valence-electron chi connectivity index (χ2n) is 7.27. The normalized spacial score (nSPS) is 13.1. The molecule has 1 aromatic heterocycles. The van der Waals surface area contributed by atoms with Gasteiger partial charge in [0.1, 0.15) is 6.04 Å². The van der Waals surface area contributed by atoms with Crippen LogP contribution in [0.1, 0.15) is 40.5 Å². The van der Waals surface area contributed by atoms with Gasteiger partial charge in [-0.3, -0.25) is 9.59 Å². The van der Waals surface area contributed by atoms with Crippen LogP contribution in [0.5, 0.6) is 0 Å². The zero-order valence-corrected chi connectivity index (χ0v) is 16.1. The van der Waals surface area contributed by atoms with E-state index in [2.05, 4.69) is 20.0 Å². The minimum atomic E-state index is -4.73. The van der Waals surface area contributed by atoms with Crippen LogP contribution in [-0.2, 0) is 15.8 Å². The van der Waals surface area contributed by atoms with E-state index in [1.807, 2.05) is 20.8 Å². The molecule has 2 amide bonds. The maximum atomic E-state index is 12.6. The van der Waals surface area contributed by atoms with Crippen LogP contribution >= 0.6 is 0 Å². The molecule has 10 heteroatoms. The fourth-order valence-electron chi connectivity index (χ4n) is 2.50. The minimum absolute atomic E-state index is 0.230. The Morgan fingerprint density at radius 3 is 2.14 bits per heavy atom. The molecule has 1 unspecified atom stereocenters. The predicted molar refractivity (Wildman–Crippen MR) is 95.3 cm³/mol. The molecule has 28 heavy (non-hydrogen) atoms. The van der Waals surface area contributed by atoms with E-state index in [-0.39, 0.29) is 23.2 Å². The van der Waals surface area contributed by atoms with Gasteiger partial charge in [-0.2, -0.15) is 18.2 Å². The fraction of sp³-hybridized carbons (Fsp3) is 0.444. The van der Waals surface area contributed by atoms with E-state index in [4.69, 9.17) is 0 Å². The molecule has 1 heterocycles. The standard InChI is InChI=1S/C18H21F3N4O3/c1-10(15(27)23-17(3,4)5)25(11(2)26)13-8-6-12(7-9-13)14-22-16(28-24-14)18(19,20)21/h6-10H,1-5H3,(H,23,27). The smallest absolute Gasteiger partial charge is 0.350 e. The topological polar surface area (TPSA) is 88.3 Å². The fourth-order valence-corrected chi connectivity index (χ4v) is 2.50. The monoisotopic (exact) mass is 398 g/mol. The van der Waals surface area contributed by atoms with Gasteiger partial charge in [0.15, 0.2) is 0 Å². The number of nitrogens with one attached hydrogen (secondary N) is 1. The second-order valence-corrected chi connectivity index (χ2v) is 7.27. The van der Waals surface area contributed by atoms with Crippen LogP contribution < -0.4 is 10.2 Å². The van der Waals surface area contributed by atoms with Gasteiger partial charge in [-0.05, 0) is 52.0 Å². The zero-order valence-electron chi connectivity index (χ0n) is 16.1. The van der Waals surface area contributed by atoms with Crippen molar-refractivity contribution in [1.82, 2.24) is 15.5 Å². The summed E-state index contributed by atoms with van der Waals surface area (Å²) in [6.45, 7) is 8.38. The molecule has 0 aliphatic carbocycles. The first-order valence-electron chi connectivity index (χ1n) is 8.43. The van der Waals surface area contributed by atoms with Gasteiger partial charge in [-0.25, -0.2) is 0 Å². The average Bonchev–Trinajstić information content (AvgIpc) is 3.04. The van der Waals surface area contributed by atoms with Crippen LogP contribution in [0.2, 0.25) is 0 Å². The van der Waals surface area contributed by atoms with E-state index in [1.54, 1.807) is 6.92 Å². The van der Waals surface area contributed by atoms with Gasteiger partial charge in [0.2, 0.25) is 17.6 Å². The summed E-state index contributed by atoms with van der Waals surface area (Å²) in [5, 5.41) is 6.12. The summed E-state index contributed by atoms with van der Waals surface area (Å²) < 4.78 is 42.0. The summed E-state index contributed by atoms with van der Waals surface area (Å²) >= 11 is 0. The summed E-state index contributed by atoms with van der Waals surface area (Å²) in [4.78, 5) is 29.1. The number of alkyl halides is 3. The molecule has 0 saturated carbocycles. The Hall–Kier alpha value is -2.91. The maximum Gasteiger partial charge on any atom is 0.471 e. The lowest BCUT2D eigenvalue weighted by atomic mass is 10.1. The van der Waals surface area contributed by atoms with Crippen molar-refractivity contribution >= 4 is 17.5 Å². The summed E-state index contributed by atoms with van der Waals surface area (Å²) in [5.74, 6) is -2.36. The van der Waals surface area contributed by atoms with Crippen molar-refractivity contribution in [2.75, 3.05) is 4.90 Å². The molecule has 0 saturated heterocycles. The quantitative estimate of drug-likeness (QED) is 0.853. The Balaban J connectivity index is 2.26. The van der Waals surface area contributed by atoms with Gasteiger partial charge >= 0.3 is 12.1 Å². The molecule has 1 aromatic carbocycles. The Bertz CT molecular complexity index is 854. The van der Waals surface area contributed by atoms with Crippen molar-refractivity contribution < 1.29 is 27.3 Å². The first-order valence-corrected chi connectivity index (χ1v) is 8.43. The molecule has 2 aromatic rings. The highest BCUT2D eigenvalue weighted by molar-refractivity contribution is 5.99. The molecule has 7 nitrogen and oxygen atoms in total. The summed E-state index contributed by atoms with van der Waals surface area (Å²) in [7, 11) is 0. The first-order chi connectivity index (χ1) is 12.8. The number of amides is 2. The SMILES string of the molecule is CC(=O)N(c1ccc(-c2noc(C(F)(F)F)n2)cc1)C(C)C(=O)NC(C)(C)C. The molecule has 0 aliphatic heterocycles. The van der Waals surface area contributed by atoms with Crippen LogP contribution in [0.3, 0.4) is 0 Å². The Morgan fingerprint density at radius 2 is 1.71 bits per heavy atom. The summed E-state index contributed by atoms with van der Waals surface area (Å²) in [6, 6.07) is 5.11. The number of nitrogens with zero attached hydrogens (tertiary/aromatic N) is 3. The number of carbonyl (C=O) groups excluding carboxylic acids is 2. The molecule has 0 fully saturated rings.